The highest BCUT2D eigenvalue weighted by atomic mass is 35.5. The lowest BCUT2D eigenvalue weighted by Crippen LogP contribution is -2.15. The fourth-order valence-electron chi connectivity index (χ4n) is 3.81. The van der Waals surface area contributed by atoms with Crippen molar-refractivity contribution in [3.63, 3.8) is 0 Å². The summed E-state index contributed by atoms with van der Waals surface area (Å²) in [7, 11) is 0. The molecule has 0 aliphatic heterocycles. The number of amides is 1. The minimum Gasteiger partial charge on any atom is -0.469 e. The number of aromatic nitrogens is 4. The highest BCUT2D eigenvalue weighted by Crippen LogP contribution is 2.35. The molecule has 0 unspecified atom stereocenters. The second kappa shape index (κ2) is 11.0. The van der Waals surface area contributed by atoms with Crippen LogP contribution in [0.4, 0.5) is 13.9 Å². The Labute approximate surface area is 203 Å². The molecule has 1 fully saturated rings. The molecule has 3 heterocycles. The van der Waals surface area contributed by atoms with E-state index in [4.69, 9.17) is 16.3 Å². The fraction of sp³-hybridized carbons (Fsp3) is 0.409. The van der Waals surface area contributed by atoms with Crippen LogP contribution >= 0.6 is 22.9 Å². The molecule has 3 aromatic rings. The van der Waals surface area contributed by atoms with Gasteiger partial charge in [0.05, 0.1) is 18.4 Å². The number of hydrogen-bond donors (Lipinski definition) is 1. The fourth-order valence-corrected chi connectivity index (χ4v) is 4.56. The zero-order chi connectivity index (χ0) is 24.1. The van der Waals surface area contributed by atoms with Crippen LogP contribution in [0.25, 0.3) is 11.1 Å². The Morgan fingerprint density at radius 3 is 2.74 bits per heavy atom. The third-order valence-electron chi connectivity index (χ3n) is 5.42. The first-order valence-corrected chi connectivity index (χ1v) is 11.9. The number of halogens is 3. The number of nitrogens with one attached hydrogen (secondary N) is 1. The molecule has 180 valence electrons. The van der Waals surface area contributed by atoms with Crippen LogP contribution in [-0.4, -0.2) is 39.3 Å². The van der Waals surface area contributed by atoms with Crippen molar-refractivity contribution < 1.29 is 23.0 Å². The van der Waals surface area contributed by atoms with Crippen LogP contribution in [0.1, 0.15) is 48.2 Å². The van der Waals surface area contributed by atoms with Gasteiger partial charge in [0, 0.05) is 23.0 Å². The lowest BCUT2D eigenvalue weighted by molar-refractivity contribution is -0.0496. The third-order valence-corrected chi connectivity index (χ3v) is 6.38. The van der Waals surface area contributed by atoms with E-state index in [0.717, 1.165) is 30.4 Å². The molecule has 0 aromatic carbocycles. The zero-order valence-electron chi connectivity index (χ0n) is 18.3. The SMILES string of the molecule is Cc1cc(-c2cc(Cl)ncc2OC(F)F)c(C(=O)Nc2nnc(OCC3CCCCC3)s2)cn1. The summed E-state index contributed by atoms with van der Waals surface area (Å²) in [5.74, 6) is -0.254. The van der Waals surface area contributed by atoms with E-state index in [1.165, 1.54) is 31.5 Å². The van der Waals surface area contributed by atoms with Crippen molar-refractivity contribution in [3.05, 3.63) is 40.9 Å². The Morgan fingerprint density at radius 2 is 1.97 bits per heavy atom. The van der Waals surface area contributed by atoms with E-state index in [-0.39, 0.29) is 27.2 Å². The van der Waals surface area contributed by atoms with Gasteiger partial charge < -0.3 is 9.47 Å². The molecule has 0 atom stereocenters. The second-order valence-corrected chi connectivity index (χ2v) is 9.22. The van der Waals surface area contributed by atoms with Gasteiger partial charge in [0.25, 0.3) is 11.1 Å². The molecule has 12 heteroatoms. The van der Waals surface area contributed by atoms with Gasteiger partial charge in [0.1, 0.15) is 5.15 Å². The molecular formula is C22H22ClF2N5O3S. The lowest BCUT2D eigenvalue weighted by Gasteiger charge is -2.20. The van der Waals surface area contributed by atoms with E-state index in [9.17, 15) is 13.6 Å². The number of nitrogens with zero attached hydrogens (tertiary/aromatic N) is 4. The van der Waals surface area contributed by atoms with E-state index >= 15 is 0 Å². The number of carbonyl (C=O) groups excluding carboxylic acids is 1. The molecule has 1 aliphatic rings. The van der Waals surface area contributed by atoms with Crippen molar-refractivity contribution >= 4 is 34.0 Å². The summed E-state index contributed by atoms with van der Waals surface area (Å²) in [6, 6.07) is 2.94. The summed E-state index contributed by atoms with van der Waals surface area (Å²) in [4.78, 5) is 21.0. The summed E-state index contributed by atoms with van der Waals surface area (Å²) >= 11 is 7.10. The number of pyridine rings is 2. The Kier molecular flexibility index (Phi) is 7.84. The number of alkyl halides is 2. The molecule has 4 rings (SSSR count). The quantitative estimate of drug-likeness (QED) is 0.385. The highest BCUT2D eigenvalue weighted by molar-refractivity contribution is 7.17. The van der Waals surface area contributed by atoms with Crippen LogP contribution < -0.4 is 14.8 Å². The lowest BCUT2D eigenvalue weighted by atomic mass is 9.90. The summed E-state index contributed by atoms with van der Waals surface area (Å²) in [5, 5.41) is 11.3. The molecule has 0 bridgehead atoms. The van der Waals surface area contributed by atoms with Crippen LogP contribution in [-0.2, 0) is 0 Å². The number of rotatable bonds is 8. The molecular weight excluding hydrogens is 488 g/mol. The first kappa shape index (κ1) is 24.2. The van der Waals surface area contributed by atoms with Crippen molar-refractivity contribution in [2.75, 3.05) is 11.9 Å². The largest absolute Gasteiger partial charge is 0.469 e. The normalized spacial score (nSPS) is 14.3. The number of aryl methyl sites for hydroxylation is 1. The zero-order valence-corrected chi connectivity index (χ0v) is 19.8. The predicted octanol–water partition coefficient (Wildman–Crippen LogP) is 5.77. The van der Waals surface area contributed by atoms with E-state index in [1.54, 1.807) is 13.0 Å². The number of carbonyl (C=O) groups is 1. The minimum absolute atomic E-state index is 0.0568. The third kappa shape index (κ3) is 6.15. The van der Waals surface area contributed by atoms with Gasteiger partial charge >= 0.3 is 6.61 Å². The average molecular weight is 510 g/mol. The molecule has 3 aromatic heterocycles. The van der Waals surface area contributed by atoms with Crippen molar-refractivity contribution in [3.8, 4) is 22.1 Å². The number of hydrogen-bond acceptors (Lipinski definition) is 8. The molecule has 0 saturated heterocycles. The van der Waals surface area contributed by atoms with Crippen LogP contribution in [0.15, 0.2) is 24.5 Å². The van der Waals surface area contributed by atoms with E-state index in [0.29, 0.717) is 29.0 Å². The van der Waals surface area contributed by atoms with Gasteiger partial charge in [-0.3, -0.25) is 15.1 Å². The first-order chi connectivity index (χ1) is 16.4. The van der Waals surface area contributed by atoms with Gasteiger partial charge in [-0.25, -0.2) is 4.98 Å². The van der Waals surface area contributed by atoms with Crippen LogP contribution in [0.2, 0.25) is 5.15 Å². The van der Waals surface area contributed by atoms with Gasteiger partial charge in [-0.1, -0.05) is 36.0 Å². The Morgan fingerprint density at radius 1 is 1.18 bits per heavy atom. The highest BCUT2D eigenvalue weighted by Gasteiger charge is 2.21. The van der Waals surface area contributed by atoms with E-state index in [2.05, 4.69) is 30.2 Å². The summed E-state index contributed by atoms with van der Waals surface area (Å²) < 4.78 is 36.2. The van der Waals surface area contributed by atoms with E-state index < -0.39 is 12.5 Å². The van der Waals surface area contributed by atoms with E-state index in [1.807, 2.05) is 0 Å². The van der Waals surface area contributed by atoms with Crippen molar-refractivity contribution in [2.24, 2.45) is 5.92 Å². The first-order valence-electron chi connectivity index (χ1n) is 10.7. The van der Waals surface area contributed by atoms with Crippen molar-refractivity contribution in [2.45, 2.75) is 45.6 Å². The Balaban J connectivity index is 1.53. The molecule has 0 spiro atoms. The van der Waals surface area contributed by atoms with Gasteiger partial charge in [-0.05, 0) is 49.2 Å². The maximum atomic E-state index is 13.1. The molecule has 1 aliphatic carbocycles. The van der Waals surface area contributed by atoms with Crippen molar-refractivity contribution in [1.29, 1.82) is 0 Å². The molecule has 8 nitrogen and oxygen atoms in total. The van der Waals surface area contributed by atoms with Gasteiger partial charge in [0.2, 0.25) is 5.13 Å². The monoisotopic (exact) mass is 509 g/mol. The van der Waals surface area contributed by atoms with Gasteiger partial charge in [-0.2, -0.15) is 8.78 Å². The molecule has 1 N–H and O–H groups in total. The van der Waals surface area contributed by atoms with Gasteiger partial charge in [-0.15, -0.1) is 5.10 Å². The molecule has 0 radical (unpaired) electrons. The topological polar surface area (TPSA) is 99.1 Å². The maximum Gasteiger partial charge on any atom is 0.387 e. The second-order valence-electron chi connectivity index (χ2n) is 7.90. The van der Waals surface area contributed by atoms with Gasteiger partial charge in [0.15, 0.2) is 5.75 Å². The average Bonchev–Trinajstić information content (AvgIpc) is 3.26. The summed E-state index contributed by atoms with van der Waals surface area (Å²) in [6.45, 7) is -0.789. The molecule has 1 amide bonds. The van der Waals surface area contributed by atoms with Crippen LogP contribution in [0, 0.1) is 12.8 Å². The summed E-state index contributed by atoms with van der Waals surface area (Å²) in [6.07, 6.45) is 8.41. The Hall–Kier alpha value is -2.92. The Bertz CT molecular complexity index is 1160. The summed E-state index contributed by atoms with van der Waals surface area (Å²) in [5.41, 5.74) is 1.18. The predicted molar refractivity (Wildman–Crippen MR) is 124 cm³/mol. The van der Waals surface area contributed by atoms with Crippen molar-refractivity contribution in [1.82, 2.24) is 20.2 Å². The van der Waals surface area contributed by atoms with Crippen LogP contribution in [0.3, 0.4) is 0 Å². The number of anilines is 1. The smallest absolute Gasteiger partial charge is 0.387 e. The molecule has 34 heavy (non-hydrogen) atoms. The molecule has 1 saturated carbocycles. The number of ether oxygens (including phenoxy) is 2. The van der Waals surface area contributed by atoms with Crippen LogP contribution in [0.5, 0.6) is 10.9 Å². The maximum absolute atomic E-state index is 13.1. The minimum atomic E-state index is -3.07. The standard InChI is InChI=1S/C22H22ClF2N5O3S/c1-12-7-14(15-8-18(23)27-10-17(15)33-20(24)25)16(9-26-12)19(31)28-21-29-30-22(34-21)32-11-13-5-3-2-4-6-13/h7-10,13,20H,2-6,11H2,1H3,(H,28,29,31).